The molecule has 2 nitrogen and oxygen atoms in total. The van der Waals surface area contributed by atoms with E-state index in [9.17, 15) is 4.79 Å². The van der Waals surface area contributed by atoms with Crippen LogP contribution < -0.4 is 5.32 Å². The molecule has 16 heavy (non-hydrogen) atoms. The van der Waals surface area contributed by atoms with Crippen molar-refractivity contribution in [3.05, 3.63) is 51.2 Å². The molecule has 0 saturated heterocycles. The van der Waals surface area contributed by atoms with Crippen LogP contribution in [0.4, 0.5) is 5.69 Å². The average molecular weight is 252 g/mol. The molecule has 0 aliphatic heterocycles. The van der Waals surface area contributed by atoms with E-state index in [-0.39, 0.29) is 5.91 Å². The van der Waals surface area contributed by atoms with Crippen molar-refractivity contribution >= 4 is 34.5 Å². The summed E-state index contributed by atoms with van der Waals surface area (Å²) in [7, 11) is 0. The smallest absolute Gasteiger partial charge is 0.256 e. The number of hydrogen-bond acceptors (Lipinski definition) is 2. The van der Waals surface area contributed by atoms with Crippen LogP contribution in [0.1, 0.15) is 15.9 Å². The number of hydrogen-bond donors (Lipinski definition) is 1. The molecule has 0 atom stereocenters. The van der Waals surface area contributed by atoms with Gasteiger partial charge in [-0.15, -0.1) is 0 Å². The molecule has 0 spiro atoms. The van der Waals surface area contributed by atoms with E-state index in [0.29, 0.717) is 10.6 Å². The zero-order valence-electron chi connectivity index (χ0n) is 8.66. The first-order valence-corrected chi connectivity index (χ1v) is 6.09. The summed E-state index contributed by atoms with van der Waals surface area (Å²) in [5.74, 6) is -0.105. The van der Waals surface area contributed by atoms with Crippen molar-refractivity contribution < 1.29 is 4.79 Å². The molecule has 0 bridgehead atoms. The molecule has 1 aromatic heterocycles. The number of halogens is 1. The standard InChI is InChI=1S/C12H10ClNOS/c1-8-10(13)3-2-4-11(8)14-12(15)9-5-6-16-7-9/h2-7H,1H3,(H,14,15). The van der Waals surface area contributed by atoms with Gasteiger partial charge in [-0.1, -0.05) is 17.7 Å². The highest BCUT2D eigenvalue weighted by Crippen LogP contribution is 2.23. The first kappa shape index (κ1) is 11.2. The summed E-state index contributed by atoms with van der Waals surface area (Å²) < 4.78 is 0. The number of carbonyl (C=O) groups excluding carboxylic acids is 1. The van der Waals surface area contributed by atoms with E-state index in [4.69, 9.17) is 11.6 Å². The molecule has 0 unspecified atom stereocenters. The third kappa shape index (κ3) is 2.26. The maximum absolute atomic E-state index is 11.8. The van der Waals surface area contributed by atoms with Crippen LogP contribution in [0.3, 0.4) is 0 Å². The minimum absolute atomic E-state index is 0.105. The summed E-state index contributed by atoms with van der Waals surface area (Å²) in [4.78, 5) is 11.8. The van der Waals surface area contributed by atoms with Gasteiger partial charge in [-0.05, 0) is 36.1 Å². The molecule has 0 saturated carbocycles. The van der Waals surface area contributed by atoms with E-state index in [0.717, 1.165) is 11.3 Å². The summed E-state index contributed by atoms with van der Waals surface area (Å²) in [6, 6.07) is 7.25. The monoisotopic (exact) mass is 251 g/mol. The minimum Gasteiger partial charge on any atom is -0.322 e. The van der Waals surface area contributed by atoms with Crippen LogP contribution >= 0.6 is 22.9 Å². The Balaban J connectivity index is 2.22. The first-order chi connectivity index (χ1) is 7.68. The molecule has 0 fully saturated rings. The maximum atomic E-state index is 11.8. The van der Waals surface area contributed by atoms with Gasteiger partial charge in [0.15, 0.2) is 0 Å². The molecule has 2 rings (SSSR count). The second-order valence-electron chi connectivity index (χ2n) is 3.38. The molecule has 1 amide bonds. The van der Waals surface area contributed by atoms with E-state index in [1.807, 2.05) is 29.8 Å². The summed E-state index contributed by atoms with van der Waals surface area (Å²) >= 11 is 7.47. The number of thiophene rings is 1. The van der Waals surface area contributed by atoms with Gasteiger partial charge in [-0.2, -0.15) is 11.3 Å². The van der Waals surface area contributed by atoms with Gasteiger partial charge in [-0.25, -0.2) is 0 Å². The van der Waals surface area contributed by atoms with Gasteiger partial charge >= 0.3 is 0 Å². The third-order valence-corrected chi connectivity index (χ3v) is 3.39. The highest BCUT2D eigenvalue weighted by molar-refractivity contribution is 7.08. The number of carbonyl (C=O) groups is 1. The molecule has 1 heterocycles. The van der Waals surface area contributed by atoms with Crippen LogP contribution in [0.2, 0.25) is 5.02 Å². The Morgan fingerprint density at radius 3 is 2.88 bits per heavy atom. The van der Waals surface area contributed by atoms with Crippen molar-refractivity contribution in [1.82, 2.24) is 0 Å². The zero-order valence-corrected chi connectivity index (χ0v) is 10.2. The van der Waals surface area contributed by atoms with Crippen molar-refractivity contribution in [3.63, 3.8) is 0 Å². The lowest BCUT2D eigenvalue weighted by molar-refractivity contribution is 0.102. The van der Waals surface area contributed by atoms with Crippen molar-refractivity contribution in [1.29, 1.82) is 0 Å². The maximum Gasteiger partial charge on any atom is 0.256 e. The lowest BCUT2D eigenvalue weighted by Crippen LogP contribution is -2.11. The average Bonchev–Trinajstić information content (AvgIpc) is 2.78. The third-order valence-electron chi connectivity index (χ3n) is 2.30. The topological polar surface area (TPSA) is 29.1 Å². The quantitative estimate of drug-likeness (QED) is 0.860. The van der Waals surface area contributed by atoms with Gasteiger partial charge in [0.25, 0.3) is 5.91 Å². The van der Waals surface area contributed by atoms with Crippen molar-refractivity contribution in [2.24, 2.45) is 0 Å². The van der Waals surface area contributed by atoms with E-state index < -0.39 is 0 Å². The highest BCUT2D eigenvalue weighted by Gasteiger charge is 2.08. The fourth-order valence-corrected chi connectivity index (χ4v) is 2.14. The Hall–Kier alpha value is -1.32. The Morgan fingerprint density at radius 1 is 1.38 bits per heavy atom. The molecule has 4 heteroatoms. The van der Waals surface area contributed by atoms with Crippen LogP contribution in [0.25, 0.3) is 0 Å². The molecule has 1 aromatic carbocycles. The van der Waals surface area contributed by atoms with Gasteiger partial charge in [0.05, 0.1) is 5.56 Å². The summed E-state index contributed by atoms with van der Waals surface area (Å²) in [5, 5.41) is 7.18. The number of anilines is 1. The zero-order chi connectivity index (χ0) is 11.5. The lowest BCUT2D eigenvalue weighted by Gasteiger charge is -2.08. The van der Waals surface area contributed by atoms with E-state index in [1.165, 1.54) is 11.3 Å². The Morgan fingerprint density at radius 2 is 2.19 bits per heavy atom. The van der Waals surface area contributed by atoms with Gasteiger partial charge < -0.3 is 5.32 Å². The predicted molar refractivity (Wildman–Crippen MR) is 68.5 cm³/mol. The molecule has 82 valence electrons. The minimum atomic E-state index is -0.105. The van der Waals surface area contributed by atoms with Crippen molar-refractivity contribution in [2.75, 3.05) is 5.32 Å². The van der Waals surface area contributed by atoms with Gasteiger partial charge in [0.2, 0.25) is 0 Å². The fourth-order valence-electron chi connectivity index (χ4n) is 1.33. The van der Waals surface area contributed by atoms with Gasteiger partial charge in [0.1, 0.15) is 0 Å². The second-order valence-corrected chi connectivity index (χ2v) is 4.57. The van der Waals surface area contributed by atoms with Crippen LogP contribution in [-0.2, 0) is 0 Å². The number of rotatable bonds is 2. The molecular weight excluding hydrogens is 242 g/mol. The molecule has 0 aliphatic carbocycles. The number of nitrogens with one attached hydrogen (secondary N) is 1. The Kier molecular flexibility index (Phi) is 3.27. The normalized spacial score (nSPS) is 10.1. The van der Waals surface area contributed by atoms with Crippen molar-refractivity contribution in [3.8, 4) is 0 Å². The fraction of sp³-hybridized carbons (Fsp3) is 0.0833. The Labute approximate surface area is 103 Å². The summed E-state index contributed by atoms with van der Waals surface area (Å²) in [5.41, 5.74) is 2.31. The highest BCUT2D eigenvalue weighted by atomic mass is 35.5. The summed E-state index contributed by atoms with van der Waals surface area (Å²) in [6.07, 6.45) is 0. The van der Waals surface area contributed by atoms with Gasteiger partial charge in [-0.3, -0.25) is 4.79 Å². The summed E-state index contributed by atoms with van der Waals surface area (Å²) in [6.45, 7) is 1.88. The van der Waals surface area contributed by atoms with Crippen LogP contribution in [0, 0.1) is 6.92 Å². The molecule has 0 aliphatic rings. The first-order valence-electron chi connectivity index (χ1n) is 4.77. The van der Waals surface area contributed by atoms with E-state index in [2.05, 4.69) is 5.32 Å². The molecular formula is C12H10ClNOS. The van der Waals surface area contributed by atoms with E-state index in [1.54, 1.807) is 12.1 Å². The molecule has 1 N–H and O–H groups in total. The lowest BCUT2D eigenvalue weighted by atomic mass is 10.2. The Bertz CT molecular complexity index is 508. The van der Waals surface area contributed by atoms with Crippen LogP contribution in [0.5, 0.6) is 0 Å². The number of amides is 1. The molecule has 0 radical (unpaired) electrons. The van der Waals surface area contributed by atoms with E-state index >= 15 is 0 Å². The second kappa shape index (κ2) is 4.68. The SMILES string of the molecule is Cc1c(Cl)cccc1NC(=O)c1ccsc1. The van der Waals surface area contributed by atoms with Crippen LogP contribution in [0.15, 0.2) is 35.0 Å². The number of benzene rings is 1. The van der Waals surface area contributed by atoms with Gasteiger partial charge in [0, 0.05) is 16.1 Å². The largest absolute Gasteiger partial charge is 0.322 e. The van der Waals surface area contributed by atoms with Crippen molar-refractivity contribution in [2.45, 2.75) is 6.92 Å². The van der Waals surface area contributed by atoms with Crippen LogP contribution in [-0.4, -0.2) is 5.91 Å². The predicted octanol–water partition coefficient (Wildman–Crippen LogP) is 3.96. The molecule has 2 aromatic rings.